The summed E-state index contributed by atoms with van der Waals surface area (Å²) in [6, 6.07) is 12.7. The van der Waals surface area contributed by atoms with Crippen LogP contribution in [0.5, 0.6) is 5.75 Å². The summed E-state index contributed by atoms with van der Waals surface area (Å²) in [5.41, 5.74) is 4.66. The standard InChI is InChI=1S/C26H25NO3/c1-6-8-13-30-26(29)24(18(4)7-2)25(22-14-17(3)9-12-23(22)28)21-11-10-20(16-27)15-19(21)5/h1,7,9-12,14-15,25,28H,2,8,13H2,3-5H3/b24-18+/t25-/m0/s1. The van der Waals surface area contributed by atoms with Gasteiger partial charge in [-0.2, -0.15) is 5.26 Å². The number of carbonyl (C=O) groups excluding carboxylic acids is 1. The minimum absolute atomic E-state index is 0.0696. The normalized spacial score (nSPS) is 12.2. The Morgan fingerprint density at radius 1 is 1.27 bits per heavy atom. The van der Waals surface area contributed by atoms with Crippen LogP contribution in [-0.2, 0) is 9.53 Å². The highest BCUT2D eigenvalue weighted by molar-refractivity contribution is 5.93. The van der Waals surface area contributed by atoms with Gasteiger partial charge in [-0.25, -0.2) is 4.79 Å². The lowest BCUT2D eigenvalue weighted by atomic mass is 9.79. The van der Waals surface area contributed by atoms with Gasteiger partial charge >= 0.3 is 5.97 Å². The van der Waals surface area contributed by atoms with Crippen LogP contribution in [-0.4, -0.2) is 17.7 Å². The Kier molecular flexibility index (Phi) is 7.62. The molecule has 0 saturated heterocycles. The number of esters is 1. The van der Waals surface area contributed by atoms with Crippen LogP contribution < -0.4 is 0 Å². The topological polar surface area (TPSA) is 70.3 Å². The number of aromatic hydroxyl groups is 1. The van der Waals surface area contributed by atoms with Crippen LogP contribution in [0.1, 0.15) is 47.1 Å². The molecule has 2 aromatic rings. The third kappa shape index (κ3) is 4.99. The zero-order valence-corrected chi connectivity index (χ0v) is 17.5. The van der Waals surface area contributed by atoms with Crippen LogP contribution in [0.25, 0.3) is 0 Å². The molecule has 2 aromatic carbocycles. The van der Waals surface area contributed by atoms with Gasteiger partial charge in [0.2, 0.25) is 0 Å². The second-order valence-corrected chi connectivity index (χ2v) is 7.07. The maximum absolute atomic E-state index is 13.1. The number of phenols is 1. The molecule has 0 aliphatic rings. The molecule has 0 radical (unpaired) electrons. The van der Waals surface area contributed by atoms with Crippen LogP contribution in [0, 0.1) is 37.5 Å². The summed E-state index contributed by atoms with van der Waals surface area (Å²) in [6.45, 7) is 9.49. The molecule has 0 aromatic heterocycles. The fraction of sp³-hybridized carbons (Fsp3) is 0.231. The average molecular weight is 399 g/mol. The van der Waals surface area contributed by atoms with E-state index in [0.717, 1.165) is 16.7 Å². The first-order valence-electron chi connectivity index (χ1n) is 9.58. The fourth-order valence-electron chi connectivity index (χ4n) is 3.35. The van der Waals surface area contributed by atoms with E-state index in [9.17, 15) is 15.2 Å². The van der Waals surface area contributed by atoms with Crippen molar-refractivity contribution in [3.05, 3.63) is 88.0 Å². The van der Waals surface area contributed by atoms with E-state index in [2.05, 4.69) is 18.6 Å². The summed E-state index contributed by atoms with van der Waals surface area (Å²) in [5, 5.41) is 19.9. The summed E-state index contributed by atoms with van der Waals surface area (Å²) in [7, 11) is 0. The molecule has 30 heavy (non-hydrogen) atoms. The lowest BCUT2D eigenvalue weighted by Gasteiger charge is -2.25. The first-order valence-corrected chi connectivity index (χ1v) is 9.58. The number of allylic oxidation sites excluding steroid dienone is 2. The van der Waals surface area contributed by atoms with E-state index >= 15 is 0 Å². The number of carbonyl (C=O) groups is 1. The summed E-state index contributed by atoms with van der Waals surface area (Å²) in [4.78, 5) is 13.1. The number of aryl methyl sites for hydroxylation is 2. The minimum atomic E-state index is -0.603. The van der Waals surface area contributed by atoms with E-state index in [-0.39, 0.29) is 12.4 Å². The molecular formula is C26H25NO3. The highest BCUT2D eigenvalue weighted by Crippen LogP contribution is 2.40. The van der Waals surface area contributed by atoms with Crippen molar-refractivity contribution in [3.8, 4) is 24.2 Å². The van der Waals surface area contributed by atoms with Crippen molar-refractivity contribution in [1.82, 2.24) is 0 Å². The van der Waals surface area contributed by atoms with Crippen molar-refractivity contribution in [3.63, 3.8) is 0 Å². The van der Waals surface area contributed by atoms with E-state index < -0.39 is 11.9 Å². The molecule has 4 nitrogen and oxygen atoms in total. The molecule has 0 bridgehead atoms. The molecule has 0 unspecified atom stereocenters. The summed E-state index contributed by atoms with van der Waals surface area (Å²) in [5.74, 6) is 1.40. The molecule has 152 valence electrons. The highest BCUT2D eigenvalue weighted by atomic mass is 16.5. The lowest BCUT2D eigenvalue weighted by molar-refractivity contribution is -0.139. The summed E-state index contributed by atoms with van der Waals surface area (Å²) >= 11 is 0. The maximum Gasteiger partial charge on any atom is 0.335 e. The predicted octanol–water partition coefficient (Wildman–Crippen LogP) is 5.08. The number of ether oxygens (including phenoxy) is 1. The van der Waals surface area contributed by atoms with E-state index in [1.54, 1.807) is 37.3 Å². The number of nitriles is 1. The Labute approximate surface area is 178 Å². The Hall–Kier alpha value is -3.76. The summed E-state index contributed by atoms with van der Waals surface area (Å²) < 4.78 is 5.43. The lowest BCUT2D eigenvalue weighted by Crippen LogP contribution is -2.19. The van der Waals surface area contributed by atoms with Crippen LogP contribution in [0.2, 0.25) is 0 Å². The Morgan fingerprint density at radius 2 is 2.00 bits per heavy atom. The SMILES string of the molecule is C#CCCOC(=O)/C(=C(\C)C=C)[C@@H](c1ccc(C#N)cc1C)c1cc(C)ccc1O. The van der Waals surface area contributed by atoms with Gasteiger partial charge in [-0.1, -0.05) is 36.4 Å². The minimum Gasteiger partial charge on any atom is -0.508 e. The van der Waals surface area contributed by atoms with Crippen LogP contribution >= 0.6 is 0 Å². The van der Waals surface area contributed by atoms with Gasteiger partial charge in [0.15, 0.2) is 0 Å². The van der Waals surface area contributed by atoms with E-state index in [1.165, 1.54) is 0 Å². The van der Waals surface area contributed by atoms with Gasteiger partial charge < -0.3 is 9.84 Å². The second-order valence-electron chi connectivity index (χ2n) is 7.07. The number of nitrogens with zero attached hydrogens (tertiary/aromatic N) is 1. The Bertz CT molecular complexity index is 1080. The molecule has 0 spiro atoms. The van der Waals surface area contributed by atoms with Crippen molar-refractivity contribution < 1.29 is 14.6 Å². The number of hydrogen-bond donors (Lipinski definition) is 1. The summed E-state index contributed by atoms with van der Waals surface area (Å²) in [6.07, 6.45) is 7.18. The molecule has 0 heterocycles. The van der Waals surface area contributed by atoms with Crippen molar-refractivity contribution in [2.45, 2.75) is 33.1 Å². The first-order chi connectivity index (χ1) is 14.3. The van der Waals surface area contributed by atoms with Gasteiger partial charge in [0.05, 0.1) is 17.2 Å². The molecule has 1 atom stereocenters. The maximum atomic E-state index is 13.1. The zero-order valence-electron chi connectivity index (χ0n) is 17.5. The molecule has 4 heteroatoms. The quantitative estimate of drug-likeness (QED) is 0.232. The number of rotatable bonds is 7. The number of benzene rings is 2. The fourth-order valence-corrected chi connectivity index (χ4v) is 3.35. The monoisotopic (exact) mass is 399 g/mol. The predicted molar refractivity (Wildman–Crippen MR) is 118 cm³/mol. The van der Waals surface area contributed by atoms with Crippen molar-refractivity contribution in [2.24, 2.45) is 0 Å². The molecule has 0 fully saturated rings. The smallest absolute Gasteiger partial charge is 0.335 e. The van der Waals surface area contributed by atoms with Crippen molar-refractivity contribution >= 4 is 5.97 Å². The molecule has 0 amide bonds. The van der Waals surface area contributed by atoms with Gasteiger partial charge in [0.25, 0.3) is 0 Å². The molecule has 0 aliphatic heterocycles. The van der Waals surface area contributed by atoms with Gasteiger partial charge in [-0.3, -0.25) is 0 Å². The molecule has 1 N–H and O–H groups in total. The van der Waals surface area contributed by atoms with Crippen molar-refractivity contribution in [2.75, 3.05) is 6.61 Å². The number of hydrogen-bond acceptors (Lipinski definition) is 4. The molecular weight excluding hydrogens is 374 g/mol. The Balaban J connectivity index is 2.78. The van der Waals surface area contributed by atoms with Gasteiger partial charge in [0.1, 0.15) is 12.4 Å². The van der Waals surface area contributed by atoms with E-state index in [0.29, 0.717) is 28.7 Å². The third-order valence-electron chi connectivity index (χ3n) is 4.92. The van der Waals surface area contributed by atoms with E-state index in [1.807, 2.05) is 26.0 Å². The van der Waals surface area contributed by atoms with Crippen LogP contribution in [0.4, 0.5) is 0 Å². The van der Waals surface area contributed by atoms with Crippen LogP contribution in [0.15, 0.2) is 60.2 Å². The van der Waals surface area contributed by atoms with Gasteiger partial charge in [-0.05, 0) is 55.7 Å². The Morgan fingerprint density at radius 3 is 2.60 bits per heavy atom. The van der Waals surface area contributed by atoms with Crippen LogP contribution in [0.3, 0.4) is 0 Å². The first kappa shape index (κ1) is 22.5. The average Bonchev–Trinajstić information content (AvgIpc) is 2.73. The second kappa shape index (κ2) is 10.1. The molecule has 0 saturated carbocycles. The van der Waals surface area contributed by atoms with Crippen molar-refractivity contribution in [1.29, 1.82) is 5.26 Å². The third-order valence-corrected chi connectivity index (χ3v) is 4.92. The molecule has 0 aliphatic carbocycles. The zero-order chi connectivity index (χ0) is 22.3. The highest BCUT2D eigenvalue weighted by Gasteiger charge is 2.30. The molecule has 2 rings (SSSR count). The number of terminal acetylenes is 1. The van der Waals surface area contributed by atoms with Gasteiger partial charge in [0, 0.05) is 17.9 Å². The van der Waals surface area contributed by atoms with E-state index in [4.69, 9.17) is 11.2 Å². The number of phenolic OH excluding ortho intramolecular Hbond substituents is 1. The van der Waals surface area contributed by atoms with Gasteiger partial charge in [-0.15, -0.1) is 12.3 Å². The largest absolute Gasteiger partial charge is 0.508 e.